The number of aliphatic carboxylic acids is 1. The van der Waals surface area contributed by atoms with E-state index in [1.165, 1.54) is 0 Å². The van der Waals surface area contributed by atoms with E-state index in [1.54, 1.807) is 6.92 Å². The molecule has 5 nitrogen and oxygen atoms in total. The van der Waals surface area contributed by atoms with Crippen LogP contribution in [0, 0.1) is 0 Å². The molecule has 0 bridgehead atoms. The Balaban J connectivity index is 3.83. The molecule has 0 amide bonds. The van der Waals surface area contributed by atoms with Crippen LogP contribution < -0.4 is 0 Å². The molecule has 0 rings (SSSR count). The maximum atomic E-state index is 10.1. The van der Waals surface area contributed by atoms with E-state index in [9.17, 15) is 4.79 Å². The molecular weight excluding hydrogens is 164 g/mol. The van der Waals surface area contributed by atoms with Crippen molar-refractivity contribution >= 4 is 5.97 Å². The minimum atomic E-state index is -1.61. The van der Waals surface area contributed by atoms with Gasteiger partial charge >= 0.3 is 5.97 Å². The second-order valence-corrected chi connectivity index (χ2v) is 2.63. The SMILES string of the molecule is CCC(O)C(O)CC(O)C(=O)O. The minimum Gasteiger partial charge on any atom is -0.479 e. The van der Waals surface area contributed by atoms with Gasteiger partial charge in [0.05, 0.1) is 12.2 Å². The van der Waals surface area contributed by atoms with Crippen LogP contribution in [0.3, 0.4) is 0 Å². The van der Waals surface area contributed by atoms with E-state index in [-0.39, 0.29) is 6.42 Å². The van der Waals surface area contributed by atoms with E-state index in [2.05, 4.69) is 0 Å². The molecule has 4 N–H and O–H groups in total. The standard InChI is InChI=1S/C7H14O5/c1-2-4(8)5(9)3-6(10)7(11)12/h4-6,8-10H,2-3H2,1H3,(H,11,12). The largest absolute Gasteiger partial charge is 0.479 e. The van der Waals surface area contributed by atoms with Gasteiger partial charge < -0.3 is 20.4 Å². The first-order chi connectivity index (χ1) is 5.49. The molecule has 0 aliphatic carbocycles. The van der Waals surface area contributed by atoms with Crippen LogP contribution in [0.2, 0.25) is 0 Å². The summed E-state index contributed by atoms with van der Waals surface area (Å²) in [5.74, 6) is -1.39. The summed E-state index contributed by atoms with van der Waals surface area (Å²) in [5.41, 5.74) is 0. The van der Waals surface area contributed by atoms with Crippen LogP contribution >= 0.6 is 0 Å². The van der Waals surface area contributed by atoms with Gasteiger partial charge in [-0.3, -0.25) is 0 Å². The Bertz CT molecular complexity index is 147. The first kappa shape index (κ1) is 11.4. The van der Waals surface area contributed by atoms with E-state index in [4.69, 9.17) is 20.4 Å². The Kier molecular flexibility index (Phi) is 4.80. The van der Waals surface area contributed by atoms with Crippen molar-refractivity contribution in [3.05, 3.63) is 0 Å². The lowest BCUT2D eigenvalue weighted by Gasteiger charge is -2.17. The molecule has 0 saturated heterocycles. The topological polar surface area (TPSA) is 98.0 Å². The zero-order valence-corrected chi connectivity index (χ0v) is 6.84. The van der Waals surface area contributed by atoms with Gasteiger partial charge in [-0.25, -0.2) is 4.79 Å². The van der Waals surface area contributed by atoms with Crippen LogP contribution in [-0.2, 0) is 4.79 Å². The second-order valence-electron chi connectivity index (χ2n) is 2.63. The van der Waals surface area contributed by atoms with Crippen LogP contribution in [0.1, 0.15) is 19.8 Å². The summed E-state index contributed by atoms with van der Waals surface area (Å²) in [4.78, 5) is 10.1. The Morgan fingerprint density at radius 2 is 1.75 bits per heavy atom. The number of aliphatic hydroxyl groups is 3. The molecule has 0 saturated carbocycles. The molecule has 0 spiro atoms. The summed E-state index contributed by atoms with van der Waals surface area (Å²) in [6.45, 7) is 1.65. The summed E-state index contributed by atoms with van der Waals surface area (Å²) in [6.07, 6.45) is -3.78. The van der Waals surface area contributed by atoms with Crippen molar-refractivity contribution < 1.29 is 25.2 Å². The van der Waals surface area contributed by atoms with Crippen LogP contribution in [-0.4, -0.2) is 44.7 Å². The van der Waals surface area contributed by atoms with E-state index < -0.39 is 24.3 Å². The molecule has 5 heteroatoms. The average Bonchev–Trinajstić information content (AvgIpc) is 2.02. The molecule has 0 aliphatic heterocycles. The van der Waals surface area contributed by atoms with Crippen molar-refractivity contribution in [1.82, 2.24) is 0 Å². The smallest absolute Gasteiger partial charge is 0.332 e. The van der Waals surface area contributed by atoms with Crippen molar-refractivity contribution in [2.24, 2.45) is 0 Å². The Morgan fingerprint density at radius 1 is 1.25 bits per heavy atom. The normalized spacial score (nSPS) is 18.3. The van der Waals surface area contributed by atoms with Gasteiger partial charge in [0.15, 0.2) is 6.10 Å². The van der Waals surface area contributed by atoms with Crippen molar-refractivity contribution in [2.45, 2.75) is 38.1 Å². The molecule has 12 heavy (non-hydrogen) atoms. The molecule has 3 atom stereocenters. The highest BCUT2D eigenvalue weighted by Gasteiger charge is 2.22. The molecule has 0 fully saturated rings. The van der Waals surface area contributed by atoms with Crippen LogP contribution in [0.5, 0.6) is 0 Å². The Labute approximate surface area is 70.3 Å². The quantitative estimate of drug-likeness (QED) is 0.431. The molecule has 0 aromatic carbocycles. The number of hydrogen-bond donors (Lipinski definition) is 4. The number of aliphatic hydroxyl groups excluding tert-OH is 3. The summed E-state index contributed by atoms with van der Waals surface area (Å²) in [7, 11) is 0. The lowest BCUT2D eigenvalue weighted by atomic mass is 10.1. The minimum absolute atomic E-state index is 0.327. The lowest BCUT2D eigenvalue weighted by molar-refractivity contribution is -0.149. The zero-order valence-electron chi connectivity index (χ0n) is 6.84. The maximum Gasteiger partial charge on any atom is 0.332 e. The monoisotopic (exact) mass is 178 g/mol. The summed E-state index contributed by atoms with van der Waals surface area (Å²) in [6, 6.07) is 0. The third-order valence-electron chi connectivity index (χ3n) is 1.61. The molecule has 0 aliphatic rings. The zero-order chi connectivity index (χ0) is 9.72. The Morgan fingerprint density at radius 3 is 2.08 bits per heavy atom. The van der Waals surface area contributed by atoms with Crippen LogP contribution in [0.4, 0.5) is 0 Å². The number of rotatable bonds is 5. The number of carboxylic acid groups (broad SMARTS) is 1. The van der Waals surface area contributed by atoms with Gasteiger partial charge in [0, 0.05) is 6.42 Å². The van der Waals surface area contributed by atoms with Gasteiger partial charge in [0.2, 0.25) is 0 Å². The van der Waals surface area contributed by atoms with Crippen molar-refractivity contribution in [3.8, 4) is 0 Å². The highest BCUT2D eigenvalue weighted by atomic mass is 16.4. The van der Waals surface area contributed by atoms with Gasteiger partial charge in [0.25, 0.3) is 0 Å². The fraction of sp³-hybridized carbons (Fsp3) is 0.857. The van der Waals surface area contributed by atoms with Gasteiger partial charge in [-0.05, 0) is 6.42 Å². The highest BCUT2D eigenvalue weighted by Crippen LogP contribution is 2.05. The summed E-state index contributed by atoms with van der Waals surface area (Å²) in [5, 5.41) is 35.1. The van der Waals surface area contributed by atoms with Gasteiger partial charge in [-0.2, -0.15) is 0 Å². The van der Waals surface area contributed by atoms with E-state index in [0.29, 0.717) is 6.42 Å². The van der Waals surface area contributed by atoms with Crippen LogP contribution in [0.25, 0.3) is 0 Å². The number of carbonyl (C=O) groups is 1. The number of carboxylic acids is 1. The van der Waals surface area contributed by atoms with E-state index >= 15 is 0 Å². The third-order valence-corrected chi connectivity index (χ3v) is 1.61. The predicted molar refractivity (Wildman–Crippen MR) is 40.6 cm³/mol. The molecular formula is C7H14O5. The summed E-state index contributed by atoms with van der Waals surface area (Å²) < 4.78 is 0. The first-order valence-corrected chi connectivity index (χ1v) is 3.76. The molecule has 72 valence electrons. The van der Waals surface area contributed by atoms with E-state index in [0.717, 1.165) is 0 Å². The van der Waals surface area contributed by atoms with Crippen molar-refractivity contribution in [2.75, 3.05) is 0 Å². The molecule has 0 heterocycles. The lowest BCUT2D eigenvalue weighted by Crippen LogP contribution is -2.32. The van der Waals surface area contributed by atoms with Gasteiger partial charge in [0.1, 0.15) is 0 Å². The second kappa shape index (κ2) is 5.08. The molecule has 0 aromatic rings. The maximum absolute atomic E-state index is 10.1. The first-order valence-electron chi connectivity index (χ1n) is 3.76. The van der Waals surface area contributed by atoms with Crippen LogP contribution in [0.15, 0.2) is 0 Å². The van der Waals surface area contributed by atoms with Gasteiger partial charge in [-0.15, -0.1) is 0 Å². The average molecular weight is 178 g/mol. The third kappa shape index (κ3) is 3.66. The molecule has 3 unspecified atom stereocenters. The number of hydrogen-bond acceptors (Lipinski definition) is 4. The fourth-order valence-corrected chi connectivity index (χ4v) is 0.759. The fourth-order valence-electron chi connectivity index (χ4n) is 0.759. The molecule has 0 aromatic heterocycles. The van der Waals surface area contributed by atoms with Gasteiger partial charge in [-0.1, -0.05) is 6.92 Å². The van der Waals surface area contributed by atoms with E-state index in [1.807, 2.05) is 0 Å². The Hall–Kier alpha value is -0.650. The summed E-state index contributed by atoms with van der Waals surface area (Å²) >= 11 is 0. The highest BCUT2D eigenvalue weighted by molar-refractivity contribution is 5.71. The van der Waals surface area contributed by atoms with Crippen molar-refractivity contribution in [3.63, 3.8) is 0 Å². The molecule has 0 radical (unpaired) electrons. The van der Waals surface area contributed by atoms with Crippen molar-refractivity contribution in [1.29, 1.82) is 0 Å². The predicted octanol–water partition coefficient (Wildman–Crippen LogP) is -1.05.